The monoisotopic (exact) mass is 539 g/mol. The number of Topliss-reactive ketones (excluding diaryl/α,β-unsaturated/α-hetero) is 1. The van der Waals surface area contributed by atoms with Gasteiger partial charge in [0.05, 0.1) is 10.5 Å². The first-order valence-electron chi connectivity index (χ1n) is 12.1. The fourth-order valence-electron chi connectivity index (χ4n) is 4.94. The van der Waals surface area contributed by atoms with Gasteiger partial charge in [0.25, 0.3) is 5.69 Å². The number of carbonyl (C=O) groups is 2. The number of hydrogen-bond acceptors (Lipinski definition) is 11. The van der Waals surface area contributed by atoms with E-state index in [-0.39, 0.29) is 34.6 Å². The van der Waals surface area contributed by atoms with Crippen molar-refractivity contribution >= 4 is 28.6 Å². The van der Waals surface area contributed by atoms with Gasteiger partial charge in [-0.15, -0.1) is 0 Å². The summed E-state index contributed by atoms with van der Waals surface area (Å²) < 4.78 is 33.9. The van der Waals surface area contributed by atoms with E-state index in [4.69, 9.17) is 28.1 Å². The Morgan fingerprint density at radius 2 is 1.77 bits per heavy atom. The molecule has 4 atom stereocenters. The highest BCUT2D eigenvalue weighted by molar-refractivity contribution is 5.98. The van der Waals surface area contributed by atoms with Gasteiger partial charge in [-0.25, -0.2) is 9.59 Å². The zero-order valence-corrected chi connectivity index (χ0v) is 21.5. The summed E-state index contributed by atoms with van der Waals surface area (Å²) in [5.74, 6) is -0.0544. The molecule has 5 rings (SSSR count). The number of methoxy groups -OCH3 is 1. The van der Waals surface area contributed by atoms with E-state index in [2.05, 4.69) is 0 Å². The lowest BCUT2D eigenvalue weighted by Crippen LogP contribution is -2.62. The Kier molecular flexibility index (Phi) is 6.60. The van der Waals surface area contributed by atoms with Crippen LogP contribution < -0.4 is 10.4 Å². The number of carbonyl (C=O) groups excluding carboxylic acids is 2. The van der Waals surface area contributed by atoms with E-state index < -0.39 is 46.9 Å². The van der Waals surface area contributed by atoms with Crippen molar-refractivity contribution < 1.29 is 42.6 Å². The topological polar surface area (TPSA) is 154 Å². The van der Waals surface area contributed by atoms with Gasteiger partial charge in [-0.2, -0.15) is 0 Å². The summed E-state index contributed by atoms with van der Waals surface area (Å²) in [6, 6.07) is 10.0. The SMILES string of the molecule is CO[C@@H]1[C@H]2OC(=O)O[C@H]2[C@H](Oc2ccc3cc(CC(=O)c4ccc([N+](=O)[O-])cc4)c(=O)oc3c2C)OC1(C)C. The van der Waals surface area contributed by atoms with Crippen molar-refractivity contribution in [1.29, 1.82) is 0 Å². The maximum atomic E-state index is 12.8. The number of nitro groups is 1. The van der Waals surface area contributed by atoms with Crippen molar-refractivity contribution in [2.75, 3.05) is 7.11 Å². The third-order valence-corrected chi connectivity index (χ3v) is 6.88. The summed E-state index contributed by atoms with van der Waals surface area (Å²) in [4.78, 5) is 47.6. The summed E-state index contributed by atoms with van der Waals surface area (Å²) in [6.07, 6.45) is -4.33. The summed E-state index contributed by atoms with van der Waals surface area (Å²) in [7, 11) is 1.49. The quantitative estimate of drug-likeness (QED) is 0.141. The van der Waals surface area contributed by atoms with Crippen molar-refractivity contribution in [2.45, 2.75) is 57.4 Å². The van der Waals surface area contributed by atoms with E-state index in [1.165, 1.54) is 31.4 Å². The molecule has 2 aromatic carbocycles. The number of nitrogens with zero attached hydrogens (tertiary/aromatic N) is 1. The van der Waals surface area contributed by atoms with Crippen LogP contribution in [0.2, 0.25) is 0 Å². The van der Waals surface area contributed by atoms with Gasteiger partial charge in [-0.3, -0.25) is 14.9 Å². The minimum absolute atomic E-state index is 0.139. The van der Waals surface area contributed by atoms with Crippen LogP contribution in [0.3, 0.4) is 0 Å². The van der Waals surface area contributed by atoms with Crippen LogP contribution in [0.25, 0.3) is 11.0 Å². The number of non-ortho nitro benzene ring substituents is 1. The van der Waals surface area contributed by atoms with Gasteiger partial charge in [0.2, 0.25) is 12.4 Å². The average molecular weight is 539 g/mol. The second kappa shape index (κ2) is 9.79. The van der Waals surface area contributed by atoms with E-state index in [1.54, 1.807) is 39.0 Å². The number of fused-ring (bicyclic) bond motifs is 2. The molecule has 12 heteroatoms. The van der Waals surface area contributed by atoms with Crippen LogP contribution in [0.5, 0.6) is 5.75 Å². The number of nitro benzene ring substituents is 1. The molecule has 39 heavy (non-hydrogen) atoms. The molecule has 2 saturated heterocycles. The summed E-state index contributed by atoms with van der Waals surface area (Å²) >= 11 is 0. The Bertz CT molecular complexity index is 1530. The number of ketones is 1. The molecule has 0 unspecified atom stereocenters. The zero-order chi connectivity index (χ0) is 28.1. The van der Waals surface area contributed by atoms with Gasteiger partial charge in [-0.05, 0) is 51.1 Å². The van der Waals surface area contributed by atoms with Crippen LogP contribution in [0.1, 0.15) is 35.3 Å². The van der Waals surface area contributed by atoms with E-state index in [0.717, 1.165) is 0 Å². The first-order chi connectivity index (χ1) is 18.5. The molecule has 0 radical (unpaired) electrons. The maximum Gasteiger partial charge on any atom is 0.509 e. The van der Waals surface area contributed by atoms with Crippen LogP contribution in [0.4, 0.5) is 10.5 Å². The number of ether oxygens (including phenoxy) is 5. The molecule has 204 valence electrons. The summed E-state index contributed by atoms with van der Waals surface area (Å²) in [5, 5.41) is 11.4. The smallest absolute Gasteiger partial charge is 0.460 e. The third-order valence-electron chi connectivity index (χ3n) is 6.88. The molecule has 3 heterocycles. The Morgan fingerprint density at radius 1 is 1.08 bits per heavy atom. The van der Waals surface area contributed by atoms with Gasteiger partial charge in [-0.1, -0.05) is 0 Å². The molecular weight excluding hydrogens is 514 g/mol. The third kappa shape index (κ3) is 4.84. The molecule has 0 aliphatic carbocycles. The largest absolute Gasteiger partial charge is 0.509 e. The van der Waals surface area contributed by atoms with E-state index in [1.807, 2.05) is 0 Å². The molecule has 0 amide bonds. The molecule has 2 aliphatic rings. The molecule has 0 spiro atoms. The van der Waals surface area contributed by atoms with Crippen molar-refractivity contribution in [2.24, 2.45) is 0 Å². The predicted octanol–water partition coefficient (Wildman–Crippen LogP) is 3.87. The second-order valence-corrected chi connectivity index (χ2v) is 9.85. The molecule has 0 saturated carbocycles. The summed E-state index contributed by atoms with van der Waals surface area (Å²) in [5.41, 5.74) is -0.591. The average Bonchev–Trinajstić information content (AvgIpc) is 3.27. The first-order valence-corrected chi connectivity index (χ1v) is 12.1. The lowest BCUT2D eigenvalue weighted by Gasteiger charge is -2.45. The van der Waals surface area contributed by atoms with E-state index >= 15 is 0 Å². The second-order valence-electron chi connectivity index (χ2n) is 9.85. The number of rotatable bonds is 7. The van der Waals surface area contributed by atoms with Crippen LogP contribution in [0, 0.1) is 17.0 Å². The normalized spacial score (nSPS) is 23.5. The minimum atomic E-state index is -1.02. The van der Waals surface area contributed by atoms with Crippen LogP contribution in [0.15, 0.2) is 51.7 Å². The van der Waals surface area contributed by atoms with E-state index in [9.17, 15) is 24.5 Å². The van der Waals surface area contributed by atoms with Gasteiger partial charge in [0.1, 0.15) is 17.4 Å². The number of hydrogen-bond donors (Lipinski definition) is 0. The molecule has 2 fully saturated rings. The Hall–Kier alpha value is -4.29. The summed E-state index contributed by atoms with van der Waals surface area (Å²) in [6.45, 7) is 5.26. The molecule has 12 nitrogen and oxygen atoms in total. The lowest BCUT2D eigenvalue weighted by molar-refractivity contribution is -0.384. The van der Waals surface area contributed by atoms with Crippen LogP contribution in [-0.2, 0) is 25.4 Å². The lowest BCUT2D eigenvalue weighted by atomic mass is 9.89. The standard InChI is InChI=1S/C27H25NO11/c1-13-19(35-25-22-21(37-26(31)38-22)23(34-4)27(2,3)39-25)10-7-15-11-16(24(30)36-20(13)15)12-18(29)14-5-8-17(9-6-14)28(32)33/h5-11,21-23,25H,12H2,1-4H3/t21-,22+,23+,25+/m0/s1. The zero-order valence-electron chi connectivity index (χ0n) is 21.5. The number of benzene rings is 2. The van der Waals surface area contributed by atoms with Crippen molar-refractivity contribution in [3.8, 4) is 5.75 Å². The van der Waals surface area contributed by atoms with E-state index in [0.29, 0.717) is 16.7 Å². The Labute approximate surface area is 221 Å². The highest BCUT2D eigenvalue weighted by Crippen LogP contribution is 2.39. The van der Waals surface area contributed by atoms with Gasteiger partial charge >= 0.3 is 11.8 Å². The van der Waals surface area contributed by atoms with Crippen molar-refractivity contribution in [1.82, 2.24) is 0 Å². The molecule has 0 N–H and O–H groups in total. The highest BCUT2D eigenvalue weighted by Gasteiger charge is 2.59. The van der Waals surface area contributed by atoms with Crippen LogP contribution in [-0.4, -0.2) is 54.2 Å². The molecule has 3 aromatic rings. The van der Waals surface area contributed by atoms with Gasteiger partial charge < -0.3 is 28.1 Å². The minimum Gasteiger partial charge on any atom is -0.460 e. The van der Waals surface area contributed by atoms with Gasteiger partial charge in [0, 0.05) is 47.7 Å². The molecule has 1 aromatic heterocycles. The Morgan fingerprint density at radius 3 is 2.44 bits per heavy atom. The first kappa shape index (κ1) is 26.3. The highest BCUT2D eigenvalue weighted by atomic mass is 16.8. The maximum absolute atomic E-state index is 12.8. The Balaban J connectivity index is 1.39. The van der Waals surface area contributed by atoms with Gasteiger partial charge in [0.15, 0.2) is 11.9 Å². The fourth-order valence-corrected chi connectivity index (χ4v) is 4.94. The molecule has 0 bridgehead atoms. The van der Waals surface area contributed by atoms with Crippen LogP contribution >= 0.6 is 0 Å². The molecular formula is C27H25NO11. The predicted molar refractivity (Wildman–Crippen MR) is 134 cm³/mol. The molecule has 2 aliphatic heterocycles. The number of aryl methyl sites for hydroxylation is 1. The van der Waals surface area contributed by atoms with Crippen molar-refractivity contribution in [3.63, 3.8) is 0 Å². The fraction of sp³-hybridized carbons (Fsp3) is 0.370. The van der Waals surface area contributed by atoms with Crippen molar-refractivity contribution in [3.05, 3.63) is 79.7 Å².